The fraction of sp³-hybridized carbons (Fsp3) is 0.278. The molecule has 0 bridgehead atoms. The molecule has 2 nitrogen and oxygen atoms in total. The Kier molecular flexibility index (Phi) is 3.09. The van der Waals surface area contributed by atoms with E-state index in [1.54, 1.807) is 0 Å². The van der Waals surface area contributed by atoms with Gasteiger partial charge in [0.2, 0.25) is 0 Å². The van der Waals surface area contributed by atoms with Gasteiger partial charge < -0.3 is 4.57 Å². The molecule has 0 aliphatic heterocycles. The van der Waals surface area contributed by atoms with Gasteiger partial charge in [0.25, 0.3) is 0 Å². The number of benzene rings is 2. The first-order valence-electron chi connectivity index (χ1n) is 7.21. The van der Waals surface area contributed by atoms with E-state index in [0.717, 1.165) is 34.6 Å². The Balaban J connectivity index is 2.63. The smallest absolute Gasteiger partial charge is 0.197 e. The standard InChI is InChI=1S/C18H19NO/c1-4-12-10-11-16-17(13(12)5-2)18(20)14-8-6-7-9-15(14)19(16)3/h6-11H,4-5H2,1-3H3. The molecule has 0 fully saturated rings. The second kappa shape index (κ2) is 4.78. The Morgan fingerprint density at radius 2 is 1.70 bits per heavy atom. The molecular weight excluding hydrogens is 246 g/mol. The fourth-order valence-electron chi connectivity index (χ4n) is 3.17. The van der Waals surface area contributed by atoms with Crippen LogP contribution in [0.4, 0.5) is 0 Å². The predicted octanol–water partition coefficient (Wildman–Crippen LogP) is 3.82. The molecule has 0 saturated carbocycles. The first kappa shape index (κ1) is 12.9. The molecule has 3 rings (SSSR count). The summed E-state index contributed by atoms with van der Waals surface area (Å²) in [7, 11) is 2.04. The summed E-state index contributed by atoms with van der Waals surface area (Å²) < 4.78 is 2.13. The molecule has 102 valence electrons. The summed E-state index contributed by atoms with van der Waals surface area (Å²) in [5.74, 6) is 0. The van der Waals surface area contributed by atoms with Crippen molar-refractivity contribution in [3.8, 4) is 0 Å². The SMILES string of the molecule is CCc1ccc2c(c1CC)c(=O)c1ccccc1n2C. The zero-order valence-corrected chi connectivity index (χ0v) is 12.2. The van der Waals surface area contributed by atoms with Gasteiger partial charge in [-0.05, 0) is 42.2 Å². The van der Waals surface area contributed by atoms with Crippen molar-refractivity contribution in [1.29, 1.82) is 0 Å². The average molecular weight is 265 g/mol. The van der Waals surface area contributed by atoms with E-state index in [1.165, 1.54) is 11.1 Å². The van der Waals surface area contributed by atoms with Crippen molar-refractivity contribution in [3.63, 3.8) is 0 Å². The van der Waals surface area contributed by atoms with Crippen molar-refractivity contribution in [2.24, 2.45) is 7.05 Å². The van der Waals surface area contributed by atoms with Gasteiger partial charge in [0.05, 0.1) is 11.0 Å². The van der Waals surface area contributed by atoms with E-state index >= 15 is 0 Å². The highest BCUT2D eigenvalue weighted by atomic mass is 16.1. The van der Waals surface area contributed by atoms with Crippen LogP contribution in [0.5, 0.6) is 0 Å². The van der Waals surface area contributed by atoms with Crippen LogP contribution in [-0.2, 0) is 19.9 Å². The van der Waals surface area contributed by atoms with Crippen molar-refractivity contribution in [1.82, 2.24) is 4.57 Å². The molecule has 1 aromatic heterocycles. The Bertz CT molecular complexity index is 859. The molecule has 0 unspecified atom stereocenters. The minimum absolute atomic E-state index is 0.167. The van der Waals surface area contributed by atoms with Crippen LogP contribution in [-0.4, -0.2) is 4.57 Å². The van der Waals surface area contributed by atoms with Crippen molar-refractivity contribution in [3.05, 3.63) is 57.7 Å². The summed E-state index contributed by atoms with van der Waals surface area (Å²) >= 11 is 0. The minimum Gasteiger partial charge on any atom is -0.343 e. The maximum atomic E-state index is 12.9. The van der Waals surface area contributed by atoms with Gasteiger partial charge in [-0.3, -0.25) is 4.79 Å². The third-order valence-electron chi connectivity index (χ3n) is 4.22. The van der Waals surface area contributed by atoms with E-state index < -0.39 is 0 Å². The van der Waals surface area contributed by atoms with Crippen LogP contribution in [0.1, 0.15) is 25.0 Å². The lowest BCUT2D eigenvalue weighted by molar-refractivity contribution is 0.990. The van der Waals surface area contributed by atoms with Gasteiger partial charge in [0.15, 0.2) is 5.43 Å². The van der Waals surface area contributed by atoms with Gasteiger partial charge in [0, 0.05) is 17.8 Å². The number of pyridine rings is 1. The van der Waals surface area contributed by atoms with E-state index in [4.69, 9.17) is 0 Å². The van der Waals surface area contributed by atoms with Gasteiger partial charge in [-0.1, -0.05) is 32.0 Å². The summed E-state index contributed by atoms with van der Waals surface area (Å²) in [4.78, 5) is 12.9. The average Bonchev–Trinajstić information content (AvgIpc) is 2.51. The van der Waals surface area contributed by atoms with Crippen molar-refractivity contribution < 1.29 is 0 Å². The Labute approximate surface area is 118 Å². The molecule has 0 aliphatic rings. The number of aryl methyl sites for hydroxylation is 3. The van der Waals surface area contributed by atoms with Crippen molar-refractivity contribution in [2.45, 2.75) is 26.7 Å². The van der Waals surface area contributed by atoms with E-state index in [0.29, 0.717) is 0 Å². The topological polar surface area (TPSA) is 22.0 Å². The summed E-state index contributed by atoms with van der Waals surface area (Å²) in [6, 6.07) is 12.1. The predicted molar refractivity (Wildman–Crippen MR) is 85.5 cm³/mol. The van der Waals surface area contributed by atoms with E-state index in [1.807, 2.05) is 31.3 Å². The number of rotatable bonds is 2. The van der Waals surface area contributed by atoms with Crippen molar-refractivity contribution in [2.75, 3.05) is 0 Å². The second-order valence-corrected chi connectivity index (χ2v) is 5.21. The maximum Gasteiger partial charge on any atom is 0.197 e. The maximum absolute atomic E-state index is 12.9. The highest BCUT2D eigenvalue weighted by Crippen LogP contribution is 2.24. The number of aromatic nitrogens is 1. The fourth-order valence-corrected chi connectivity index (χ4v) is 3.17. The molecule has 0 radical (unpaired) electrons. The van der Waals surface area contributed by atoms with Gasteiger partial charge in [-0.15, -0.1) is 0 Å². The quantitative estimate of drug-likeness (QED) is 0.646. The van der Waals surface area contributed by atoms with E-state index in [2.05, 4.69) is 30.5 Å². The van der Waals surface area contributed by atoms with Gasteiger partial charge in [-0.2, -0.15) is 0 Å². The van der Waals surface area contributed by atoms with E-state index in [9.17, 15) is 4.79 Å². The largest absolute Gasteiger partial charge is 0.343 e. The highest BCUT2D eigenvalue weighted by Gasteiger charge is 2.13. The molecule has 3 aromatic rings. The summed E-state index contributed by atoms with van der Waals surface area (Å²) in [6.07, 6.45) is 1.86. The Morgan fingerprint density at radius 3 is 2.40 bits per heavy atom. The van der Waals surface area contributed by atoms with Gasteiger partial charge >= 0.3 is 0 Å². The molecule has 2 aromatic carbocycles. The van der Waals surface area contributed by atoms with Crippen LogP contribution in [0, 0.1) is 0 Å². The van der Waals surface area contributed by atoms with Crippen LogP contribution < -0.4 is 5.43 Å². The number of fused-ring (bicyclic) bond motifs is 2. The van der Waals surface area contributed by atoms with Gasteiger partial charge in [-0.25, -0.2) is 0 Å². The lowest BCUT2D eigenvalue weighted by atomic mass is 9.96. The number of hydrogen-bond donors (Lipinski definition) is 0. The van der Waals surface area contributed by atoms with Crippen LogP contribution in [0.2, 0.25) is 0 Å². The molecule has 0 amide bonds. The lowest BCUT2D eigenvalue weighted by Gasteiger charge is -2.15. The molecule has 0 spiro atoms. The second-order valence-electron chi connectivity index (χ2n) is 5.21. The third kappa shape index (κ3) is 1.68. The first-order valence-corrected chi connectivity index (χ1v) is 7.21. The molecule has 2 heteroatoms. The summed E-state index contributed by atoms with van der Waals surface area (Å²) in [6.45, 7) is 4.27. The lowest BCUT2D eigenvalue weighted by Crippen LogP contribution is -2.12. The number of nitrogens with zero attached hydrogens (tertiary/aromatic N) is 1. The zero-order valence-electron chi connectivity index (χ0n) is 12.2. The van der Waals surface area contributed by atoms with E-state index in [-0.39, 0.29) is 5.43 Å². The number of hydrogen-bond acceptors (Lipinski definition) is 1. The monoisotopic (exact) mass is 265 g/mol. The van der Waals surface area contributed by atoms with Crippen LogP contribution in [0.25, 0.3) is 21.8 Å². The minimum atomic E-state index is 0.167. The summed E-state index contributed by atoms with van der Waals surface area (Å²) in [5.41, 5.74) is 4.68. The highest BCUT2D eigenvalue weighted by molar-refractivity contribution is 5.95. The van der Waals surface area contributed by atoms with Crippen molar-refractivity contribution >= 4 is 21.8 Å². The zero-order chi connectivity index (χ0) is 14.3. The molecule has 1 heterocycles. The molecule has 0 atom stereocenters. The molecule has 20 heavy (non-hydrogen) atoms. The summed E-state index contributed by atoms with van der Waals surface area (Å²) in [5, 5.41) is 1.71. The molecule has 0 N–H and O–H groups in total. The molecule has 0 saturated heterocycles. The van der Waals surface area contributed by atoms with Crippen LogP contribution >= 0.6 is 0 Å². The Hall–Kier alpha value is -2.09. The first-order chi connectivity index (χ1) is 9.69. The number of para-hydroxylation sites is 1. The third-order valence-corrected chi connectivity index (χ3v) is 4.22. The molecule has 0 aliphatic carbocycles. The molecular formula is C18H19NO. The van der Waals surface area contributed by atoms with Crippen LogP contribution in [0.3, 0.4) is 0 Å². The van der Waals surface area contributed by atoms with Crippen LogP contribution in [0.15, 0.2) is 41.2 Å². The normalized spacial score (nSPS) is 11.3. The van der Waals surface area contributed by atoms with Gasteiger partial charge in [0.1, 0.15) is 0 Å². The Morgan fingerprint density at radius 1 is 0.950 bits per heavy atom.